The molecule has 0 saturated heterocycles. The van der Waals surface area contributed by atoms with E-state index < -0.39 is 30.6 Å². The molecule has 0 fully saturated rings. The molecule has 0 aliphatic heterocycles. The number of Topliss-reactive ketones (excluding diaryl/α,β-unsaturated/α-hetero) is 1. The minimum Gasteiger partial charge on any atom is -0.481 e. The van der Waals surface area contributed by atoms with Crippen LogP contribution in [0.15, 0.2) is 24.5 Å². The quantitative estimate of drug-likeness (QED) is 0.236. The molecule has 9 nitrogen and oxygen atoms in total. The van der Waals surface area contributed by atoms with E-state index in [9.17, 15) is 19.2 Å². The van der Waals surface area contributed by atoms with Gasteiger partial charge in [-0.05, 0) is 12.1 Å². The lowest BCUT2D eigenvalue weighted by molar-refractivity contribution is -0.149. The van der Waals surface area contributed by atoms with E-state index >= 15 is 0 Å². The van der Waals surface area contributed by atoms with Gasteiger partial charge >= 0.3 is 11.9 Å². The van der Waals surface area contributed by atoms with Gasteiger partial charge in [-0.3, -0.25) is 24.8 Å². The Hall–Kier alpha value is -2.81. The van der Waals surface area contributed by atoms with Crippen molar-refractivity contribution in [2.75, 3.05) is 0 Å². The molecule has 0 aliphatic rings. The Labute approximate surface area is 113 Å². The van der Waals surface area contributed by atoms with Crippen molar-refractivity contribution in [2.24, 2.45) is 5.84 Å². The highest BCUT2D eigenvalue weighted by Crippen LogP contribution is 1.93. The van der Waals surface area contributed by atoms with Gasteiger partial charge in [-0.2, -0.15) is 0 Å². The number of aromatic nitrogens is 1. The molecule has 0 aromatic carbocycles. The summed E-state index contributed by atoms with van der Waals surface area (Å²) in [5.41, 5.74) is 2.53. The van der Waals surface area contributed by atoms with Gasteiger partial charge in [0.05, 0.1) is 6.42 Å². The van der Waals surface area contributed by atoms with Crippen LogP contribution in [0.25, 0.3) is 0 Å². The van der Waals surface area contributed by atoms with Crippen LogP contribution in [0.3, 0.4) is 0 Å². The number of pyridine rings is 1. The smallest absolute Gasteiger partial charge is 0.372 e. The van der Waals surface area contributed by atoms with Crippen molar-refractivity contribution in [3.63, 3.8) is 0 Å². The Balaban J connectivity index is 0.000000361. The fraction of sp³-hybridized carbons (Fsp3) is 0.182. The third kappa shape index (κ3) is 7.50. The number of nitrogens with one attached hydrogen (secondary N) is 1. The van der Waals surface area contributed by atoms with E-state index in [4.69, 9.17) is 16.1 Å². The van der Waals surface area contributed by atoms with Gasteiger partial charge in [-0.1, -0.05) is 0 Å². The first-order chi connectivity index (χ1) is 9.38. The molecule has 9 heteroatoms. The summed E-state index contributed by atoms with van der Waals surface area (Å²) >= 11 is 0. The van der Waals surface area contributed by atoms with Crippen molar-refractivity contribution in [3.05, 3.63) is 30.1 Å². The summed E-state index contributed by atoms with van der Waals surface area (Å²) in [4.78, 5) is 44.2. The van der Waals surface area contributed by atoms with Crippen molar-refractivity contribution in [1.29, 1.82) is 0 Å². The Morgan fingerprint density at radius 1 is 1.10 bits per heavy atom. The van der Waals surface area contributed by atoms with Gasteiger partial charge in [-0.25, -0.2) is 10.6 Å². The van der Waals surface area contributed by atoms with Gasteiger partial charge in [0.1, 0.15) is 0 Å². The Bertz CT molecular complexity index is 488. The summed E-state index contributed by atoms with van der Waals surface area (Å²) in [6.45, 7) is 0. The number of nitrogens with zero attached hydrogens (tertiary/aromatic N) is 1. The molecule has 5 N–H and O–H groups in total. The van der Waals surface area contributed by atoms with Gasteiger partial charge < -0.3 is 10.2 Å². The molecular formula is C11H13N3O6. The normalized spacial score (nSPS) is 8.85. The number of carbonyl (C=O) groups is 4. The second-order valence-corrected chi connectivity index (χ2v) is 3.33. The van der Waals surface area contributed by atoms with E-state index in [0.717, 1.165) is 0 Å². The van der Waals surface area contributed by atoms with Crippen LogP contribution in [0.2, 0.25) is 0 Å². The van der Waals surface area contributed by atoms with Crippen LogP contribution in [0, 0.1) is 0 Å². The highest BCUT2D eigenvalue weighted by atomic mass is 16.4. The first-order valence-corrected chi connectivity index (χ1v) is 5.27. The summed E-state index contributed by atoms with van der Waals surface area (Å²) in [6, 6.07) is 3.17. The zero-order valence-electron chi connectivity index (χ0n) is 10.3. The molecule has 0 radical (unpaired) electrons. The van der Waals surface area contributed by atoms with Crippen LogP contribution in [0.1, 0.15) is 23.2 Å². The molecule has 0 atom stereocenters. The number of nitrogen functional groups attached to an aromatic ring is 1. The second kappa shape index (κ2) is 9.16. The summed E-state index contributed by atoms with van der Waals surface area (Å²) in [5.74, 6) is 0.760. The summed E-state index contributed by atoms with van der Waals surface area (Å²) < 4.78 is 0. The maximum absolute atomic E-state index is 10.7. The van der Waals surface area contributed by atoms with Gasteiger partial charge in [0.25, 0.3) is 5.91 Å². The number of hydrogen-bond acceptors (Lipinski definition) is 6. The molecule has 108 valence electrons. The molecule has 0 aliphatic carbocycles. The molecule has 0 spiro atoms. The predicted molar refractivity (Wildman–Crippen MR) is 65.4 cm³/mol. The molecule has 1 aromatic heterocycles. The van der Waals surface area contributed by atoms with E-state index in [1.165, 1.54) is 12.4 Å². The summed E-state index contributed by atoms with van der Waals surface area (Å²) in [5, 5.41) is 16.0. The molecule has 1 rings (SSSR count). The van der Waals surface area contributed by atoms with Crippen molar-refractivity contribution in [3.8, 4) is 0 Å². The maximum Gasteiger partial charge on any atom is 0.372 e. The van der Waals surface area contributed by atoms with Crippen molar-refractivity contribution in [2.45, 2.75) is 12.8 Å². The van der Waals surface area contributed by atoms with Crippen LogP contribution in [-0.4, -0.2) is 38.8 Å². The van der Waals surface area contributed by atoms with Crippen LogP contribution in [-0.2, 0) is 14.4 Å². The van der Waals surface area contributed by atoms with Crippen LogP contribution < -0.4 is 11.3 Å². The van der Waals surface area contributed by atoms with Crippen molar-refractivity contribution >= 4 is 23.6 Å². The van der Waals surface area contributed by atoms with Crippen molar-refractivity contribution in [1.82, 2.24) is 10.4 Å². The van der Waals surface area contributed by atoms with Gasteiger partial charge in [0, 0.05) is 24.4 Å². The number of rotatable bonds is 5. The second-order valence-electron chi connectivity index (χ2n) is 3.33. The maximum atomic E-state index is 10.7. The van der Waals surface area contributed by atoms with E-state index in [1.807, 2.05) is 5.43 Å². The number of hydrogen-bond donors (Lipinski definition) is 4. The zero-order valence-corrected chi connectivity index (χ0v) is 10.3. The van der Waals surface area contributed by atoms with Gasteiger partial charge in [0.2, 0.25) is 5.78 Å². The van der Waals surface area contributed by atoms with Crippen LogP contribution in [0.5, 0.6) is 0 Å². The Morgan fingerprint density at radius 2 is 1.65 bits per heavy atom. The predicted octanol–water partition coefficient (Wildman–Crippen LogP) is -0.810. The van der Waals surface area contributed by atoms with Crippen LogP contribution in [0.4, 0.5) is 0 Å². The number of aliphatic carboxylic acids is 2. The number of carboxylic acids is 2. The molecule has 0 saturated carbocycles. The highest BCUT2D eigenvalue weighted by Gasteiger charge is 2.12. The Morgan fingerprint density at radius 3 is 2.05 bits per heavy atom. The standard InChI is InChI=1S/C6H7N3O.C5H6O5/c7-9-6(10)5-1-3-8-4-2-5;6-3(5(9)10)1-2-4(7)8/h1-4H,7H2,(H,9,10);1-2H2,(H,7,8)(H,9,10). The number of hydrazine groups is 1. The number of carboxylic acid groups (broad SMARTS) is 2. The first kappa shape index (κ1) is 17.2. The SMILES string of the molecule is NNC(=O)c1ccncc1.O=C(O)CCC(=O)C(=O)O. The third-order valence-corrected chi connectivity index (χ3v) is 1.88. The topological polar surface area (TPSA) is 160 Å². The molecule has 0 bridgehead atoms. The lowest BCUT2D eigenvalue weighted by Gasteiger charge is -1.95. The minimum atomic E-state index is -1.58. The fourth-order valence-corrected chi connectivity index (χ4v) is 0.914. The van der Waals surface area contributed by atoms with E-state index in [1.54, 1.807) is 12.1 Å². The molecule has 1 heterocycles. The first-order valence-electron chi connectivity index (χ1n) is 5.27. The number of nitrogens with two attached hydrogens (primary N) is 1. The molecule has 1 amide bonds. The largest absolute Gasteiger partial charge is 0.481 e. The van der Waals surface area contributed by atoms with Gasteiger partial charge in [0.15, 0.2) is 0 Å². The zero-order chi connectivity index (χ0) is 15.5. The molecule has 1 aromatic rings. The minimum absolute atomic E-state index is 0.303. The Kier molecular flexibility index (Phi) is 7.88. The van der Waals surface area contributed by atoms with Crippen molar-refractivity contribution < 1.29 is 29.4 Å². The average Bonchev–Trinajstić information content (AvgIpc) is 2.45. The number of carbonyl (C=O) groups excluding carboxylic acids is 2. The number of ketones is 1. The van der Waals surface area contributed by atoms with E-state index in [0.29, 0.717) is 5.56 Å². The van der Waals surface area contributed by atoms with Gasteiger partial charge in [-0.15, -0.1) is 0 Å². The lowest BCUT2D eigenvalue weighted by atomic mass is 10.2. The van der Waals surface area contributed by atoms with Crippen LogP contribution >= 0.6 is 0 Å². The highest BCUT2D eigenvalue weighted by molar-refractivity contribution is 6.32. The number of amides is 1. The monoisotopic (exact) mass is 283 g/mol. The van der Waals surface area contributed by atoms with E-state index in [2.05, 4.69) is 4.98 Å². The average molecular weight is 283 g/mol. The molecule has 0 unspecified atom stereocenters. The molecular weight excluding hydrogens is 270 g/mol. The summed E-state index contributed by atoms with van der Waals surface area (Å²) in [6.07, 6.45) is 2.20. The molecule has 20 heavy (non-hydrogen) atoms. The van der Waals surface area contributed by atoms with E-state index in [-0.39, 0.29) is 5.91 Å². The fourth-order valence-electron chi connectivity index (χ4n) is 0.914. The lowest BCUT2D eigenvalue weighted by Crippen LogP contribution is -2.29. The summed E-state index contributed by atoms with van der Waals surface area (Å²) in [7, 11) is 0. The third-order valence-electron chi connectivity index (χ3n) is 1.88.